The molecule has 0 amide bonds. The van der Waals surface area contributed by atoms with Crippen LogP contribution in [0.15, 0.2) is 29.3 Å². The zero-order chi connectivity index (χ0) is 15.1. The van der Waals surface area contributed by atoms with Gasteiger partial charge in [0.05, 0.1) is 6.10 Å². The number of halogens is 1. The van der Waals surface area contributed by atoms with E-state index in [1.807, 2.05) is 31.3 Å². The first kappa shape index (κ1) is 16.1. The predicted octanol–water partition coefficient (Wildman–Crippen LogP) is 2.92. The number of piperidine rings is 1. The number of aliphatic imine (C=N–C) groups is 1. The Hall–Kier alpha value is -1.26. The van der Waals surface area contributed by atoms with Crippen molar-refractivity contribution >= 4 is 17.6 Å². The third-order valence-electron chi connectivity index (χ3n) is 3.72. The van der Waals surface area contributed by atoms with Gasteiger partial charge in [-0.15, -0.1) is 0 Å². The van der Waals surface area contributed by atoms with E-state index >= 15 is 0 Å². The largest absolute Gasteiger partial charge is 0.378 e. The lowest BCUT2D eigenvalue weighted by Gasteiger charge is -2.34. The van der Waals surface area contributed by atoms with Crippen molar-refractivity contribution in [3.05, 3.63) is 34.9 Å². The average Bonchev–Trinajstić information content (AvgIpc) is 2.51. The zero-order valence-corrected chi connectivity index (χ0v) is 13.6. The molecular weight excluding hydrogens is 286 g/mol. The Kier molecular flexibility index (Phi) is 6.33. The van der Waals surface area contributed by atoms with Gasteiger partial charge in [-0.25, -0.2) is 0 Å². The highest BCUT2D eigenvalue weighted by molar-refractivity contribution is 6.30. The van der Waals surface area contributed by atoms with Crippen molar-refractivity contribution in [3.8, 4) is 0 Å². The van der Waals surface area contributed by atoms with Crippen molar-refractivity contribution in [2.24, 2.45) is 4.99 Å². The molecule has 0 radical (unpaired) electrons. The van der Waals surface area contributed by atoms with Crippen molar-refractivity contribution in [2.45, 2.75) is 32.4 Å². The summed E-state index contributed by atoms with van der Waals surface area (Å²) in [4.78, 5) is 6.68. The van der Waals surface area contributed by atoms with Crippen LogP contribution in [-0.4, -0.2) is 43.7 Å². The summed E-state index contributed by atoms with van der Waals surface area (Å²) in [6.07, 6.45) is 2.53. The van der Waals surface area contributed by atoms with Crippen LogP contribution in [0.3, 0.4) is 0 Å². The lowest BCUT2D eigenvalue weighted by molar-refractivity contribution is 0.0263. The molecule has 1 saturated heterocycles. The molecular formula is C16H24ClN3O. The van der Waals surface area contributed by atoms with E-state index in [4.69, 9.17) is 16.3 Å². The maximum absolute atomic E-state index is 5.90. The summed E-state index contributed by atoms with van der Waals surface area (Å²) in [5, 5.41) is 4.18. The van der Waals surface area contributed by atoms with E-state index in [1.165, 1.54) is 5.56 Å². The number of ether oxygens (including phenoxy) is 1. The molecule has 1 aliphatic rings. The smallest absolute Gasteiger partial charge is 0.193 e. The van der Waals surface area contributed by atoms with Crippen molar-refractivity contribution in [2.75, 3.05) is 26.7 Å². The average molecular weight is 310 g/mol. The summed E-state index contributed by atoms with van der Waals surface area (Å²) in [6, 6.07) is 7.89. The molecule has 1 heterocycles. The normalized spacial score (nSPS) is 17.1. The van der Waals surface area contributed by atoms with Crippen LogP contribution < -0.4 is 5.32 Å². The number of hydrogen-bond donors (Lipinski definition) is 1. The van der Waals surface area contributed by atoms with E-state index < -0.39 is 0 Å². The molecule has 1 aromatic rings. The van der Waals surface area contributed by atoms with Gasteiger partial charge in [0.1, 0.15) is 0 Å². The van der Waals surface area contributed by atoms with Crippen molar-refractivity contribution in [3.63, 3.8) is 0 Å². The third-order valence-corrected chi connectivity index (χ3v) is 3.97. The fourth-order valence-corrected chi connectivity index (χ4v) is 2.71. The second-order valence-corrected chi connectivity index (χ2v) is 5.61. The Morgan fingerprint density at radius 2 is 2.00 bits per heavy atom. The Morgan fingerprint density at radius 1 is 1.33 bits per heavy atom. The van der Waals surface area contributed by atoms with Crippen LogP contribution in [-0.2, 0) is 11.3 Å². The first-order chi connectivity index (χ1) is 10.2. The minimum Gasteiger partial charge on any atom is -0.378 e. The van der Waals surface area contributed by atoms with Gasteiger partial charge >= 0.3 is 0 Å². The van der Waals surface area contributed by atoms with E-state index in [0.29, 0.717) is 6.10 Å². The Bertz CT molecular complexity index is 453. The van der Waals surface area contributed by atoms with Gasteiger partial charge in [-0.2, -0.15) is 0 Å². The minimum absolute atomic E-state index is 0.403. The molecule has 4 nitrogen and oxygen atoms in total. The van der Waals surface area contributed by atoms with Crippen LogP contribution >= 0.6 is 11.6 Å². The van der Waals surface area contributed by atoms with E-state index in [0.717, 1.165) is 50.1 Å². The van der Waals surface area contributed by atoms with Gasteiger partial charge in [0, 0.05) is 38.3 Å². The van der Waals surface area contributed by atoms with E-state index in [1.54, 1.807) is 0 Å². The second kappa shape index (κ2) is 8.25. The molecule has 0 aliphatic carbocycles. The first-order valence-electron chi connectivity index (χ1n) is 7.54. The van der Waals surface area contributed by atoms with Gasteiger partial charge in [0.2, 0.25) is 0 Å². The minimum atomic E-state index is 0.403. The number of guanidine groups is 1. The monoisotopic (exact) mass is 309 g/mol. The van der Waals surface area contributed by atoms with E-state index in [2.05, 4.69) is 22.1 Å². The number of nitrogens with zero attached hydrogens (tertiary/aromatic N) is 2. The van der Waals surface area contributed by atoms with Crippen molar-refractivity contribution in [1.29, 1.82) is 0 Å². The molecule has 5 heteroatoms. The van der Waals surface area contributed by atoms with Gasteiger partial charge in [-0.05, 0) is 37.5 Å². The summed E-state index contributed by atoms with van der Waals surface area (Å²) in [6.45, 7) is 5.60. The molecule has 0 aromatic heterocycles. The lowest BCUT2D eigenvalue weighted by Crippen LogP contribution is -2.46. The highest BCUT2D eigenvalue weighted by Crippen LogP contribution is 2.14. The SMILES string of the molecule is CCOC1CCN(C(=NC)NCc2ccc(Cl)cc2)CC1. The van der Waals surface area contributed by atoms with Crippen LogP contribution in [0.2, 0.25) is 5.02 Å². The fraction of sp³-hybridized carbons (Fsp3) is 0.562. The maximum Gasteiger partial charge on any atom is 0.193 e. The highest BCUT2D eigenvalue weighted by atomic mass is 35.5. The molecule has 0 saturated carbocycles. The van der Waals surface area contributed by atoms with Gasteiger partial charge in [0.25, 0.3) is 0 Å². The summed E-state index contributed by atoms with van der Waals surface area (Å²) < 4.78 is 5.69. The second-order valence-electron chi connectivity index (χ2n) is 5.17. The molecule has 21 heavy (non-hydrogen) atoms. The topological polar surface area (TPSA) is 36.9 Å². The summed E-state index contributed by atoms with van der Waals surface area (Å²) >= 11 is 5.90. The molecule has 116 valence electrons. The molecule has 0 spiro atoms. The molecule has 0 bridgehead atoms. The number of likely N-dealkylation sites (tertiary alicyclic amines) is 1. The van der Waals surface area contributed by atoms with Gasteiger partial charge in [-0.1, -0.05) is 23.7 Å². The standard InChI is InChI=1S/C16H24ClN3O/c1-3-21-15-8-10-20(11-9-15)16(18-2)19-12-13-4-6-14(17)7-5-13/h4-7,15H,3,8-12H2,1-2H3,(H,18,19). The molecule has 2 rings (SSSR count). The number of rotatable bonds is 4. The fourth-order valence-electron chi connectivity index (χ4n) is 2.59. The molecule has 1 N–H and O–H groups in total. The summed E-state index contributed by atoms with van der Waals surface area (Å²) in [5.74, 6) is 0.958. The van der Waals surface area contributed by atoms with Crippen molar-refractivity contribution < 1.29 is 4.74 Å². The van der Waals surface area contributed by atoms with Crippen LogP contribution in [0.1, 0.15) is 25.3 Å². The molecule has 0 atom stereocenters. The summed E-state index contributed by atoms with van der Waals surface area (Å²) in [7, 11) is 1.83. The van der Waals surface area contributed by atoms with E-state index in [9.17, 15) is 0 Å². The van der Waals surface area contributed by atoms with Gasteiger partial charge in [-0.3, -0.25) is 4.99 Å². The molecule has 1 aliphatic heterocycles. The lowest BCUT2D eigenvalue weighted by atomic mass is 10.1. The maximum atomic E-state index is 5.90. The summed E-state index contributed by atoms with van der Waals surface area (Å²) in [5.41, 5.74) is 1.20. The third kappa shape index (κ3) is 4.90. The Balaban J connectivity index is 1.82. The molecule has 0 unspecified atom stereocenters. The van der Waals surface area contributed by atoms with Crippen molar-refractivity contribution in [1.82, 2.24) is 10.2 Å². The molecule has 1 fully saturated rings. The van der Waals surface area contributed by atoms with Gasteiger partial charge < -0.3 is 15.0 Å². The number of nitrogens with one attached hydrogen (secondary N) is 1. The first-order valence-corrected chi connectivity index (χ1v) is 7.92. The quantitative estimate of drug-likeness (QED) is 0.686. The molecule has 1 aromatic carbocycles. The van der Waals surface area contributed by atoms with Crippen LogP contribution in [0.4, 0.5) is 0 Å². The highest BCUT2D eigenvalue weighted by Gasteiger charge is 2.21. The zero-order valence-electron chi connectivity index (χ0n) is 12.8. The van der Waals surface area contributed by atoms with E-state index in [-0.39, 0.29) is 0 Å². The van der Waals surface area contributed by atoms with Crippen LogP contribution in [0.25, 0.3) is 0 Å². The predicted molar refractivity (Wildman–Crippen MR) is 87.9 cm³/mol. The number of benzene rings is 1. The number of hydrogen-bond acceptors (Lipinski definition) is 2. The van der Waals surface area contributed by atoms with Gasteiger partial charge in [0.15, 0.2) is 5.96 Å². The Morgan fingerprint density at radius 3 is 2.57 bits per heavy atom. The Labute approximate surface area is 132 Å². The van der Waals surface area contributed by atoms with Crippen LogP contribution in [0, 0.1) is 0 Å². The van der Waals surface area contributed by atoms with Crippen LogP contribution in [0.5, 0.6) is 0 Å².